The minimum atomic E-state index is -0.738. The minimum absolute atomic E-state index is 0.0952. The van der Waals surface area contributed by atoms with Crippen LogP contribution < -0.4 is 4.90 Å². The van der Waals surface area contributed by atoms with E-state index in [4.69, 9.17) is 11.6 Å². The molecule has 1 aliphatic heterocycles. The average Bonchev–Trinajstić information content (AvgIpc) is 3.14. The van der Waals surface area contributed by atoms with Crippen LogP contribution in [0.5, 0.6) is 0 Å². The molecule has 0 saturated heterocycles. The number of rotatable bonds is 5. The summed E-state index contributed by atoms with van der Waals surface area (Å²) in [6.07, 6.45) is 0.244. The zero-order valence-electron chi connectivity index (χ0n) is 17.1. The van der Waals surface area contributed by atoms with Gasteiger partial charge in [0, 0.05) is 39.3 Å². The second-order valence-corrected chi connectivity index (χ2v) is 8.49. The van der Waals surface area contributed by atoms with Crippen molar-refractivity contribution in [3.05, 3.63) is 76.1 Å². The van der Waals surface area contributed by atoms with Crippen molar-refractivity contribution >= 4 is 39.9 Å². The van der Waals surface area contributed by atoms with Crippen molar-refractivity contribution in [3.63, 3.8) is 0 Å². The number of hydrogen-bond donors (Lipinski definition) is 2. The first kappa shape index (κ1) is 20.2. The van der Waals surface area contributed by atoms with Crippen LogP contribution >= 0.6 is 11.6 Å². The number of aryl methyl sites for hydroxylation is 1. The van der Waals surface area contributed by atoms with Crippen molar-refractivity contribution in [3.8, 4) is 0 Å². The number of anilines is 1. The number of H-pyrrole nitrogens is 1. The van der Waals surface area contributed by atoms with Crippen LogP contribution in [0.1, 0.15) is 37.6 Å². The highest BCUT2D eigenvalue weighted by molar-refractivity contribution is 6.31. The van der Waals surface area contributed by atoms with Crippen LogP contribution in [-0.4, -0.2) is 21.8 Å². The molecule has 0 aliphatic carbocycles. The van der Waals surface area contributed by atoms with Gasteiger partial charge in [-0.25, -0.2) is 0 Å². The van der Waals surface area contributed by atoms with Crippen LogP contribution in [-0.2, 0) is 9.59 Å². The summed E-state index contributed by atoms with van der Waals surface area (Å²) in [6, 6.07) is 13.9. The van der Waals surface area contributed by atoms with Gasteiger partial charge < -0.3 is 10.1 Å². The maximum absolute atomic E-state index is 13.2. The van der Waals surface area contributed by atoms with E-state index in [0.29, 0.717) is 10.7 Å². The first-order chi connectivity index (χ1) is 14.3. The molecule has 1 aliphatic rings. The van der Waals surface area contributed by atoms with Crippen molar-refractivity contribution in [2.45, 2.75) is 33.2 Å². The van der Waals surface area contributed by atoms with Gasteiger partial charge in [-0.05, 0) is 37.1 Å². The number of halogens is 1. The molecule has 0 radical (unpaired) electrons. The molecule has 0 saturated carbocycles. The third-order valence-electron chi connectivity index (χ3n) is 5.41. The van der Waals surface area contributed by atoms with Crippen LogP contribution in [0.15, 0.2) is 59.9 Å². The molecule has 1 unspecified atom stereocenters. The number of para-hydroxylation sites is 1. The number of aliphatic hydroxyl groups is 1. The number of fused-ring (bicyclic) bond motifs is 1. The summed E-state index contributed by atoms with van der Waals surface area (Å²) in [6.45, 7) is 5.79. The maximum Gasteiger partial charge on any atom is 0.294 e. The topological polar surface area (TPSA) is 73.4 Å². The first-order valence-electron chi connectivity index (χ1n) is 9.92. The highest BCUT2D eigenvalue weighted by Gasteiger charge is 2.45. The van der Waals surface area contributed by atoms with Crippen molar-refractivity contribution < 1.29 is 14.7 Å². The molecular formula is C24H23ClN2O3. The molecule has 5 nitrogen and oxygen atoms in total. The molecule has 1 aromatic heterocycles. The summed E-state index contributed by atoms with van der Waals surface area (Å²) in [7, 11) is 0. The Morgan fingerprint density at radius 1 is 1.20 bits per heavy atom. The Labute approximate surface area is 180 Å². The molecule has 0 bridgehead atoms. The highest BCUT2D eigenvalue weighted by atomic mass is 35.5. The Bertz CT molecular complexity index is 1190. The predicted molar refractivity (Wildman–Crippen MR) is 119 cm³/mol. The van der Waals surface area contributed by atoms with Gasteiger partial charge in [-0.1, -0.05) is 49.7 Å². The second-order valence-electron chi connectivity index (χ2n) is 8.05. The fourth-order valence-electron chi connectivity index (χ4n) is 4.19. The number of amides is 1. The smallest absolute Gasteiger partial charge is 0.294 e. The number of aromatic nitrogens is 1. The van der Waals surface area contributed by atoms with Crippen LogP contribution in [0.3, 0.4) is 0 Å². The standard InChI is InChI=1S/C24H23ClN2O3/c1-13(2)11-19(28)21-22(20-14(3)26-18-10-5-4-9-17(18)20)27(24(30)23(21)29)16-8-6-7-15(25)12-16/h4-10,12-13,22,26,29H,11H2,1-3H3. The molecule has 0 spiro atoms. The number of Topliss-reactive ketones (excluding diaryl/α,β-unsaturated/α-hetero) is 1. The number of nitrogens with zero attached hydrogens (tertiary/aromatic N) is 1. The van der Waals surface area contributed by atoms with Crippen LogP contribution in [0.4, 0.5) is 5.69 Å². The molecule has 30 heavy (non-hydrogen) atoms. The van der Waals surface area contributed by atoms with E-state index in [1.54, 1.807) is 24.3 Å². The molecule has 1 amide bonds. The summed E-state index contributed by atoms with van der Waals surface area (Å²) in [4.78, 5) is 31.2. The number of carbonyl (C=O) groups excluding carboxylic acids is 2. The van der Waals surface area contributed by atoms with E-state index in [-0.39, 0.29) is 23.7 Å². The summed E-state index contributed by atoms with van der Waals surface area (Å²) in [5.41, 5.74) is 3.22. The Balaban J connectivity index is 1.97. The Morgan fingerprint density at radius 2 is 1.93 bits per heavy atom. The third-order valence-corrected chi connectivity index (χ3v) is 5.64. The van der Waals surface area contributed by atoms with E-state index in [1.165, 1.54) is 4.90 Å². The Kier molecular flexibility index (Phi) is 5.16. The molecule has 154 valence electrons. The number of benzene rings is 2. The summed E-state index contributed by atoms with van der Waals surface area (Å²) >= 11 is 6.19. The Hall–Kier alpha value is -3.05. The van der Waals surface area contributed by atoms with Gasteiger partial charge in [0.25, 0.3) is 5.91 Å². The molecule has 2 heterocycles. The fourth-order valence-corrected chi connectivity index (χ4v) is 4.37. The van der Waals surface area contributed by atoms with Gasteiger partial charge in [-0.15, -0.1) is 0 Å². The quantitative estimate of drug-likeness (QED) is 0.558. The minimum Gasteiger partial charge on any atom is -0.503 e. The van der Waals surface area contributed by atoms with Crippen molar-refractivity contribution in [2.75, 3.05) is 4.90 Å². The molecule has 4 rings (SSSR count). The summed E-state index contributed by atoms with van der Waals surface area (Å²) in [5.74, 6) is -1.22. The van der Waals surface area contributed by atoms with Crippen molar-refractivity contribution in [1.29, 1.82) is 0 Å². The summed E-state index contributed by atoms with van der Waals surface area (Å²) < 4.78 is 0. The first-order valence-corrected chi connectivity index (χ1v) is 10.3. The zero-order valence-corrected chi connectivity index (χ0v) is 17.8. The molecule has 2 N–H and O–H groups in total. The number of hydrogen-bond acceptors (Lipinski definition) is 3. The molecule has 3 aromatic rings. The van der Waals surface area contributed by atoms with Gasteiger partial charge in [-0.3, -0.25) is 14.5 Å². The predicted octanol–water partition coefficient (Wildman–Crippen LogP) is 5.64. The number of nitrogens with one attached hydrogen (secondary N) is 1. The average molecular weight is 423 g/mol. The fraction of sp³-hybridized carbons (Fsp3) is 0.250. The lowest BCUT2D eigenvalue weighted by atomic mass is 9.90. The zero-order chi connectivity index (χ0) is 21.6. The molecular weight excluding hydrogens is 400 g/mol. The van der Waals surface area contributed by atoms with Crippen molar-refractivity contribution in [2.24, 2.45) is 5.92 Å². The number of aromatic amines is 1. The van der Waals surface area contributed by atoms with E-state index in [0.717, 1.165) is 22.2 Å². The van der Waals surface area contributed by atoms with E-state index >= 15 is 0 Å². The number of carbonyl (C=O) groups is 2. The molecule has 0 fully saturated rings. The number of ketones is 1. The van der Waals surface area contributed by atoms with Crippen molar-refractivity contribution in [1.82, 2.24) is 4.98 Å². The second kappa shape index (κ2) is 7.65. The largest absolute Gasteiger partial charge is 0.503 e. The number of aliphatic hydroxyl groups excluding tert-OH is 1. The third kappa shape index (κ3) is 3.29. The van der Waals surface area contributed by atoms with E-state index in [2.05, 4.69) is 4.98 Å². The Morgan fingerprint density at radius 3 is 2.63 bits per heavy atom. The van der Waals surface area contributed by atoms with E-state index < -0.39 is 17.7 Å². The van der Waals surface area contributed by atoms with Gasteiger partial charge in [0.15, 0.2) is 11.5 Å². The van der Waals surface area contributed by atoms with Gasteiger partial charge in [0.05, 0.1) is 11.6 Å². The molecule has 1 atom stereocenters. The monoisotopic (exact) mass is 422 g/mol. The highest BCUT2D eigenvalue weighted by Crippen LogP contribution is 2.45. The lowest BCUT2D eigenvalue weighted by Crippen LogP contribution is -2.31. The van der Waals surface area contributed by atoms with Crippen LogP contribution in [0.2, 0.25) is 5.02 Å². The van der Waals surface area contributed by atoms with E-state index in [9.17, 15) is 14.7 Å². The van der Waals surface area contributed by atoms with E-state index in [1.807, 2.05) is 45.0 Å². The lowest BCUT2D eigenvalue weighted by Gasteiger charge is -2.27. The van der Waals surface area contributed by atoms with Gasteiger partial charge in [0.2, 0.25) is 0 Å². The maximum atomic E-state index is 13.2. The lowest BCUT2D eigenvalue weighted by molar-refractivity contribution is -0.118. The normalized spacial score (nSPS) is 16.9. The summed E-state index contributed by atoms with van der Waals surface area (Å²) in [5, 5.41) is 12.2. The molecule has 6 heteroatoms. The SMILES string of the molecule is Cc1[nH]c2ccccc2c1C1C(C(=O)CC(C)C)=C(O)C(=O)N1c1cccc(Cl)c1. The van der Waals surface area contributed by atoms with Gasteiger partial charge >= 0.3 is 0 Å². The molecule has 2 aromatic carbocycles. The van der Waals surface area contributed by atoms with Gasteiger partial charge in [-0.2, -0.15) is 0 Å². The van der Waals surface area contributed by atoms with Gasteiger partial charge in [0.1, 0.15) is 0 Å². The van der Waals surface area contributed by atoms with Crippen LogP contribution in [0, 0.1) is 12.8 Å². The van der Waals surface area contributed by atoms with Crippen LogP contribution in [0.25, 0.3) is 10.9 Å².